The average molecular weight is 289 g/mol. The van der Waals surface area contributed by atoms with Gasteiger partial charge in [0.05, 0.1) is 11.1 Å². The molecule has 0 radical (unpaired) electrons. The Bertz CT molecular complexity index is 467. The van der Waals surface area contributed by atoms with E-state index in [9.17, 15) is 4.79 Å². The van der Waals surface area contributed by atoms with Crippen LogP contribution in [0.4, 0.5) is 0 Å². The number of benzene rings is 1. The summed E-state index contributed by atoms with van der Waals surface area (Å²) in [5.74, 6) is 0.575. The molecular formula is C12H14Cl2N2O2. The topological polar surface area (TPSA) is 41.6 Å². The number of fused-ring (bicyclic) bond motifs is 2. The molecule has 1 N–H and O–H groups in total. The van der Waals surface area contributed by atoms with Crippen molar-refractivity contribution in [1.82, 2.24) is 10.2 Å². The van der Waals surface area contributed by atoms with E-state index in [1.165, 1.54) is 0 Å². The van der Waals surface area contributed by atoms with Crippen LogP contribution in [0.5, 0.6) is 5.75 Å². The smallest absolute Gasteiger partial charge is 0.259 e. The molecule has 0 aliphatic carbocycles. The lowest BCUT2D eigenvalue weighted by atomic mass is 10.1. The number of nitrogens with one attached hydrogen (secondary N) is 1. The van der Waals surface area contributed by atoms with Crippen molar-refractivity contribution in [3.05, 3.63) is 28.8 Å². The van der Waals surface area contributed by atoms with Crippen LogP contribution in [0.1, 0.15) is 10.4 Å². The van der Waals surface area contributed by atoms with Gasteiger partial charge in [0.15, 0.2) is 0 Å². The van der Waals surface area contributed by atoms with Gasteiger partial charge in [0.1, 0.15) is 17.9 Å². The van der Waals surface area contributed by atoms with Crippen LogP contribution in [0.3, 0.4) is 0 Å². The van der Waals surface area contributed by atoms with Crippen LogP contribution in [0, 0.1) is 0 Å². The number of nitrogens with zero attached hydrogens (tertiary/aromatic N) is 1. The number of ether oxygens (including phenoxy) is 1. The molecular weight excluding hydrogens is 275 g/mol. The fourth-order valence-corrected chi connectivity index (χ4v) is 2.59. The average Bonchev–Trinajstić information content (AvgIpc) is 2.49. The summed E-state index contributed by atoms with van der Waals surface area (Å²) in [5.41, 5.74) is 0.499. The van der Waals surface area contributed by atoms with Gasteiger partial charge in [-0.25, -0.2) is 0 Å². The maximum atomic E-state index is 12.4. The van der Waals surface area contributed by atoms with Crippen molar-refractivity contribution in [1.29, 1.82) is 0 Å². The van der Waals surface area contributed by atoms with E-state index in [4.69, 9.17) is 16.3 Å². The highest BCUT2D eigenvalue weighted by atomic mass is 35.5. The highest BCUT2D eigenvalue weighted by Crippen LogP contribution is 2.31. The molecule has 6 heteroatoms. The minimum absolute atomic E-state index is 0. The molecule has 0 aromatic heterocycles. The van der Waals surface area contributed by atoms with Gasteiger partial charge in [0.2, 0.25) is 0 Å². The molecule has 4 nitrogen and oxygen atoms in total. The van der Waals surface area contributed by atoms with Crippen molar-refractivity contribution in [3.63, 3.8) is 0 Å². The molecule has 1 amide bonds. The van der Waals surface area contributed by atoms with Crippen LogP contribution in [-0.4, -0.2) is 43.1 Å². The number of rotatable bonds is 0. The molecule has 1 atom stereocenters. The van der Waals surface area contributed by atoms with E-state index in [-0.39, 0.29) is 24.4 Å². The first kappa shape index (κ1) is 13.5. The van der Waals surface area contributed by atoms with E-state index in [1.807, 2.05) is 4.90 Å². The third kappa shape index (κ3) is 2.16. The van der Waals surface area contributed by atoms with E-state index in [2.05, 4.69) is 5.32 Å². The summed E-state index contributed by atoms with van der Waals surface area (Å²) in [5, 5.41) is 3.73. The third-order valence-electron chi connectivity index (χ3n) is 3.23. The highest BCUT2D eigenvalue weighted by Gasteiger charge is 2.33. The number of halogens is 2. The largest absolute Gasteiger partial charge is 0.490 e. The van der Waals surface area contributed by atoms with E-state index >= 15 is 0 Å². The number of hydrogen-bond donors (Lipinski definition) is 1. The molecule has 2 aliphatic rings. The second-order valence-corrected chi connectivity index (χ2v) is 4.69. The second kappa shape index (κ2) is 5.34. The van der Waals surface area contributed by atoms with Gasteiger partial charge in [0.25, 0.3) is 5.91 Å². The van der Waals surface area contributed by atoms with E-state index in [0.29, 0.717) is 29.5 Å². The summed E-state index contributed by atoms with van der Waals surface area (Å²) in [6, 6.07) is 5.42. The third-order valence-corrected chi connectivity index (χ3v) is 3.55. The molecule has 1 aromatic carbocycles. The normalized spacial score (nSPS) is 22.2. The van der Waals surface area contributed by atoms with Crippen LogP contribution >= 0.6 is 24.0 Å². The Morgan fingerprint density at radius 1 is 1.44 bits per heavy atom. The van der Waals surface area contributed by atoms with Crippen molar-refractivity contribution >= 4 is 29.9 Å². The molecule has 1 fully saturated rings. The fourth-order valence-electron chi connectivity index (χ4n) is 2.34. The van der Waals surface area contributed by atoms with Crippen LogP contribution in [0.25, 0.3) is 0 Å². The van der Waals surface area contributed by atoms with Crippen molar-refractivity contribution in [2.24, 2.45) is 0 Å². The van der Waals surface area contributed by atoms with Gasteiger partial charge in [-0.3, -0.25) is 4.79 Å². The molecule has 0 bridgehead atoms. The molecule has 2 aliphatic heterocycles. The number of amides is 1. The molecule has 98 valence electrons. The zero-order chi connectivity index (χ0) is 11.8. The summed E-state index contributed by atoms with van der Waals surface area (Å²) in [7, 11) is 0. The standard InChI is InChI=1S/C12H13ClN2O2.ClH/c13-9-2-1-3-10-11(9)12(16)15-5-4-14-6-8(15)7-17-10;/h1-3,8,14H,4-7H2;1H. The Hall–Kier alpha value is -0.970. The maximum absolute atomic E-state index is 12.4. The molecule has 18 heavy (non-hydrogen) atoms. The quantitative estimate of drug-likeness (QED) is 0.788. The summed E-state index contributed by atoms with van der Waals surface area (Å²) in [4.78, 5) is 14.3. The first-order valence-electron chi connectivity index (χ1n) is 5.70. The Morgan fingerprint density at radius 2 is 2.28 bits per heavy atom. The lowest BCUT2D eigenvalue weighted by molar-refractivity contribution is 0.0606. The zero-order valence-corrected chi connectivity index (χ0v) is 11.3. The van der Waals surface area contributed by atoms with Gasteiger partial charge in [0, 0.05) is 19.6 Å². The minimum atomic E-state index is -0.0189. The minimum Gasteiger partial charge on any atom is -0.490 e. The molecule has 0 saturated carbocycles. The van der Waals surface area contributed by atoms with Gasteiger partial charge in [-0.15, -0.1) is 12.4 Å². The van der Waals surface area contributed by atoms with Crippen LogP contribution in [0.2, 0.25) is 5.02 Å². The van der Waals surface area contributed by atoms with Gasteiger partial charge in [-0.2, -0.15) is 0 Å². The Morgan fingerprint density at radius 3 is 3.11 bits per heavy atom. The van der Waals surface area contributed by atoms with Gasteiger partial charge in [-0.1, -0.05) is 17.7 Å². The predicted octanol–water partition coefficient (Wildman–Crippen LogP) is 1.57. The number of piperazine rings is 1. The maximum Gasteiger partial charge on any atom is 0.259 e. The molecule has 3 rings (SSSR count). The van der Waals surface area contributed by atoms with Crippen molar-refractivity contribution in [2.45, 2.75) is 6.04 Å². The van der Waals surface area contributed by atoms with Crippen molar-refractivity contribution in [3.8, 4) is 5.75 Å². The molecule has 2 heterocycles. The summed E-state index contributed by atoms with van der Waals surface area (Å²) >= 11 is 6.10. The SMILES string of the molecule is Cl.O=C1c2c(Cl)cccc2OCC2CNCCN12. The highest BCUT2D eigenvalue weighted by molar-refractivity contribution is 6.34. The fraction of sp³-hybridized carbons (Fsp3) is 0.417. The summed E-state index contributed by atoms with van der Waals surface area (Å²) in [6.07, 6.45) is 0. The predicted molar refractivity (Wildman–Crippen MR) is 71.9 cm³/mol. The number of carbonyl (C=O) groups is 1. The summed E-state index contributed by atoms with van der Waals surface area (Å²) in [6.45, 7) is 2.82. The molecule has 0 spiro atoms. The number of carbonyl (C=O) groups excluding carboxylic acids is 1. The van der Waals surface area contributed by atoms with E-state index in [1.54, 1.807) is 18.2 Å². The molecule has 1 saturated heterocycles. The van der Waals surface area contributed by atoms with Crippen LogP contribution in [-0.2, 0) is 0 Å². The van der Waals surface area contributed by atoms with Gasteiger partial charge < -0.3 is 15.0 Å². The van der Waals surface area contributed by atoms with Crippen molar-refractivity contribution in [2.75, 3.05) is 26.2 Å². The monoisotopic (exact) mass is 288 g/mol. The summed E-state index contributed by atoms with van der Waals surface area (Å²) < 4.78 is 5.68. The van der Waals surface area contributed by atoms with Gasteiger partial charge in [-0.05, 0) is 12.1 Å². The lowest BCUT2D eigenvalue weighted by Crippen LogP contribution is -2.54. The van der Waals surface area contributed by atoms with Crippen LogP contribution in [0.15, 0.2) is 18.2 Å². The Kier molecular flexibility index (Phi) is 4.00. The number of hydrogen-bond acceptors (Lipinski definition) is 3. The molecule has 1 aromatic rings. The Labute approximate surface area is 117 Å². The molecule has 1 unspecified atom stereocenters. The zero-order valence-electron chi connectivity index (χ0n) is 9.69. The van der Waals surface area contributed by atoms with E-state index < -0.39 is 0 Å². The van der Waals surface area contributed by atoms with Crippen LogP contribution < -0.4 is 10.1 Å². The second-order valence-electron chi connectivity index (χ2n) is 4.28. The first-order valence-corrected chi connectivity index (χ1v) is 6.08. The van der Waals surface area contributed by atoms with Crippen molar-refractivity contribution < 1.29 is 9.53 Å². The van der Waals surface area contributed by atoms with Gasteiger partial charge >= 0.3 is 0 Å². The first-order chi connectivity index (χ1) is 8.27. The van der Waals surface area contributed by atoms with E-state index in [0.717, 1.165) is 13.1 Å². The lowest BCUT2D eigenvalue weighted by Gasteiger charge is -2.33. The Balaban J connectivity index is 0.00000120.